The monoisotopic (exact) mass is 340 g/mol. The second-order valence-electron chi connectivity index (χ2n) is 6.09. The molecule has 0 aliphatic carbocycles. The molecule has 2 heterocycles. The van der Waals surface area contributed by atoms with E-state index in [-0.39, 0.29) is 17.6 Å². The molecule has 2 aromatic rings. The summed E-state index contributed by atoms with van der Waals surface area (Å²) in [6.07, 6.45) is 3.64. The fourth-order valence-electron chi connectivity index (χ4n) is 3.05. The van der Waals surface area contributed by atoms with Crippen LogP contribution in [0.25, 0.3) is 0 Å². The minimum Gasteiger partial charge on any atom is -0.336 e. The molecule has 1 amide bonds. The van der Waals surface area contributed by atoms with E-state index in [1.165, 1.54) is 24.3 Å². The van der Waals surface area contributed by atoms with Crippen molar-refractivity contribution in [2.24, 2.45) is 0 Å². The molecule has 1 aromatic heterocycles. The van der Waals surface area contributed by atoms with E-state index >= 15 is 0 Å². The summed E-state index contributed by atoms with van der Waals surface area (Å²) < 4.78 is 0. The van der Waals surface area contributed by atoms with Crippen molar-refractivity contribution in [2.75, 3.05) is 26.2 Å². The van der Waals surface area contributed by atoms with Crippen LogP contribution in [0, 0.1) is 10.1 Å². The molecule has 7 heteroatoms. The van der Waals surface area contributed by atoms with Crippen molar-refractivity contribution in [3.8, 4) is 0 Å². The normalized spacial score (nSPS) is 16.4. The third-order valence-corrected chi connectivity index (χ3v) is 4.64. The van der Waals surface area contributed by atoms with Crippen LogP contribution in [0.15, 0.2) is 48.8 Å². The van der Waals surface area contributed by atoms with Crippen molar-refractivity contribution in [1.29, 1.82) is 0 Å². The quantitative estimate of drug-likeness (QED) is 0.631. The maximum absolute atomic E-state index is 12.6. The van der Waals surface area contributed by atoms with Crippen LogP contribution in [0.1, 0.15) is 28.9 Å². The number of carbonyl (C=O) groups excluding carboxylic acids is 1. The number of benzene rings is 1. The lowest BCUT2D eigenvalue weighted by molar-refractivity contribution is -0.384. The lowest BCUT2D eigenvalue weighted by Gasteiger charge is -2.38. The van der Waals surface area contributed by atoms with Crippen molar-refractivity contribution in [3.05, 3.63) is 70.0 Å². The third kappa shape index (κ3) is 3.83. The van der Waals surface area contributed by atoms with Gasteiger partial charge in [-0.2, -0.15) is 0 Å². The summed E-state index contributed by atoms with van der Waals surface area (Å²) in [6.45, 7) is 5.00. The first-order valence-electron chi connectivity index (χ1n) is 8.24. The molecule has 1 aliphatic rings. The summed E-state index contributed by atoms with van der Waals surface area (Å²) in [5, 5.41) is 10.7. The third-order valence-electron chi connectivity index (χ3n) is 4.64. The molecule has 0 N–H and O–H groups in total. The summed E-state index contributed by atoms with van der Waals surface area (Å²) in [7, 11) is 0. The van der Waals surface area contributed by atoms with Crippen molar-refractivity contribution >= 4 is 11.6 Å². The zero-order valence-corrected chi connectivity index (χ0v) is 14.0. The summed E-state index contributed by atoms with van der Waals surface area (Å²) in [4.78, 5) is 31.1. The molecule has 0 radical (unpaired) electrons. The van der Waals surface area contributed by atoms with Gasteiger partial charge in [0.2, 0.25) is 0 Å². The number of pyridine rings is 1. The number of aromatic nitrogens is 1. The average Bonchev–Trinajstić information content (AvgIpc) is 2.67. The first-order chi connectivity index (χ1) is 12.1. The largest absolute Gasteiger partial charge is 0.336 e. The van der Waals surface area contributed by atoms with E-state index < -0.39 is 4.92 Å². The van der Waals surface area contributed by atoms with Gasteiger partial charge in [0.25, 0.3) is 11.6 Å². The number of non-ortho nitro benzene ring substituents is 1. The Balaban J connectivity index is 1.60. The fraction of sp³-hybridized carbons (Fsp3) is 0.333. The Kier molecular flexibility index (Phi) is 5.04. The zero-order chi connectivity index (χ0) is 17.8. The smallest absolute Gasteiger partial charge is 0.269 e. The highest BCUT2D eigenvalue weighted by Gasteiger charge is 2.25. The maximum Gasteiger partial charge on any atom is 0.269 e. The van der Waals surface area contributed by atoms with Crippen LogP contribution in [0.4, 0.5) is 5.69 Å². The molecule has 25 heavy (non-hydrogen) atoms. The molecule has 1 saturated heterocycles. The van der Waals surface area contributed by atoms with E-state index in [2.05, 4.69) is 22.9 Å². The molecule has 1 atom stereocenters. The van der Waals surface area contributed by atoms with Gasteiger partial charge in [0, 0.05) is 62.3 Å². The molecule has 7 nitrogen and oxygen atoms in total. The van der Waals surface area contributed by atoms with Gasteiger partial charge >= 0.3 is 0 Å². The molecule has 0 unspecified atom stereocenters. The molecular weight excluding hydrogens is 320 g/mol. The second kappa shape index (κ2) is 7.40. The Labute approximate surface area is 146 Å². The van der Waals surface area contributed by atoms with Gasteiger partial charge in [0.05, 0.1) is 4.92 Å². The molecule has 1 aliphatic heterocycles. The van der Waals surface area contributed by atoms with Gasteiger partial charge in [-0.05, 0) is 30.7 Å². The summed E-state index contributed by atoms with van der Waals surface area (Å²) >= 11 is 0. The van der Waals surface area contributed by atoms with Crippen LogP contribution in [0.5, 0.6) is 0 Å². The highest BCUT2D eigenvalue weighted by atomic mass is 16.6. The van der Waals surface area contributed by atoms with Gasteiger partial charge < -0.3 is 4.90 Å². The van der Waals surface area contributed by atoms with E-state index in [4.69, 9.17) is 0 Å². The van der Waals surface area contributed by atoms with Crippen molar-refractivity contribution in [3.63, 3.8) is 0 Å². The molecule has 3 rings (SSSR count). The van der Waals surface area contributed by atoms with Crippen molar-refractivity contribution in [2.45, 2.75) is 13.0 Å². The number of nitrogens with zero attached hydrogens (tertiary/aromatic N) is 4. The number of hydrogen-bond acceptors (Lipinski definition) is 5. The van der Waals surface area contributed by atoms with Gasteiger partial charge in [0.15, 0.2) is 0 Å². The Hall–Kier alpha value is -2.80. The fourth-order valence-corrected chi connectivity index (χ4v) is 3.05. The van der Waals surface area contributed by atoms with Gasteiger partial charge in [-0.25, -0.2) is 0 Å². The number of nitro benzene ring substituents is 1. The highest BCUT2D eigenvalue weighted by Crippen LogP contribution is 2.21. The number of amides is 1. The summed E-state index contributed by atoms with van der Waals surface area (Å²) in [6, 6.07) is 10.0. The lowest BCUT2D eigenvalue weighted by Crippen LogP contribution is -2.49. The minimum atomic E-state index is -0.465. The zero-order valence-electron chi connectivity index (χ0n) is 14.0. The minimum absolute atomic E-state index is 0.00772. The number of carbonyl (C=O) groups is 1. The molecule has 1 aromatic carbocycles. The Morgan fingerprint density at radius 3 is 2.40 bits per heavy atom. The van der Waals surface area contributed by atoms with E-state index in [0.29, 0.717) is 18.7 Å². The van der Waals surface area contributed by atoms with Crippen molar-refractivity contribution in [1.82, 2.24) is 14.8 Å². The van der Waals surface area contributed by atoms with Gasteiger partial charge in [-0.3, -0.25) is 24.8 Å². The van der Waals surface area contributed by atoms with Crippen LogP contribution < -0.4 is 0 Å². The number of nitro groups is 1. The van der Waals surface area contributed by atoms with Crippen LogP contribution in [-0.2, 0) is 0 Å². The molecule has 0 saturated carbocycles. The Bertz CT molecular complexity index is 741. The van der Waals surface area contributed by atoms with Crippen LogP contribution in [0.3, 0.4) is 0 Å². The highest BCUT2D eigenvalue weighted by molar-refractivity contribution is 5.94. The summed E-state index contributed by atoms with van der Waals surface area (Å²) in [5.41, 5.74) is 1.64. The standard InChI is InChI=1S/C18H20N4O3/c1-14(16-3-2-8-19-13-16)20-9-11-21(12-10-20)18(23)15-4-6-17(7-5-15)22(24)25/h2-8,13-14H,9-12H2,1H3/t14-/m0/s1. The predicted molar refractivity (Wildman–Crippen MR) is 93.2 cm³/mol. The van der Waals surface area contributed by atoms with Crippen LogP contribution in [-0.4, -0.2) is 51.8 Å². The van der Waals surface area contributed by atoms with Gasteiger partial charge in [0.1, 0.15) is 0 Å². The van der Waals surface area contributed by atoms with Gasteiger partial charge in [-0.15, -0.1) is 0 Å². The molecule has 0 bridgehead atoms. The number of rotatable bonds is 4. The van der Waals surface area contributed by atoms with Crippen molar-refractivity contribution < 1.29 is 9.72 Å². The van der Waals surface area contributed by atoms with Crippen LogP contribution >= 0.6 is 0 Å². The van der Waals surface area contributed by atoms with Crippen LogP contribution in [0.2, 0.25) is 0 Å². The molecule has 0 spiro atoms. The number of piperazine rings is 1. The first kappa shape index (κ1) is 17.0. The number of hydrogen-bond donors (Lipinski definition) is 0. The van der Waals surface area contributed by atoms with E-state index in [1.54, 1.807) is 11.1 Å². The SMILES string of the molecule is C[C@@H](c1cccnc1)N1CCN(C(=O)c2ccc([N+](=O)[O-])cc2)CC1. The lowest BCUT2D eigenvalue weighted by atomic mass is 10.1. The van der Waals surface area contributed by atoms with E-state index in [1.807, 2.05) is 12.3 Å². The average molecular weight is 340 g/mol. The first-order valence-corrected chi connectivity index (χ1v) is 8.24. The predicted octanol–water partition coefficient (Wildman–Crippen LogP) is 2.51. The Morgan fingerprint density at radius 2 is 1.84 bits per heavy atom. The van der Waals surface area contributed by atoms with E-state index in [9.17, 15) is 14.9 Å². The maximum atomic E-state index is 12.6. The summed E-state index contributed by atoms with van der Waals surface area (Å²) in [5.74, 6) is -0.0800. The molecule has 130 valence electrons. The van der Waals surface area contributed by atoms with Gasteiger partial charge in [-0.1, -0.05) is 6.07 Å². The molecular formula is C18H20N4O3. The van der Waals surface area contributed by atoms with E-state index in [0.717, 1.165) is 18.7 Å². The second-order valence-corrected chi connectivity index (χ2v) is 6.09. The Morgan fingerprint density at radius 1 is 1.16 bits per heavy atom. The topological polar surface area (TPSA) is 79.6 Å². The molecule has 1 fully saturated rings.